The van der Waals surface area contributed by atoms with Crippen LogP contribution in [0, 0.1) is 0 Å². The number of pyridine rings is 1. The summed E-state index contributed by atoms with van der Waals surface area (Å²) in [6, 6.07) is 28.5. The van der Waals surface area contributed by atoms with Crippen molar-refractivity contribution in [3.63, 3.8) is 0 Å². The van der Waals surface area contributed by atoms with Crippen molar-refractivity contribution in [3.05, 3.63) is 84.4 Å². The van der Waals surface area contributed by atoms with Crippen LogP contribution >= 0.6 is 0 Å². The van der Waals surface area contributed by atoms with Crippen molar-refractivity contribution in [1.82, 2.24) is 9.38 Å². The molecule has 0 unspecified atom stereocenters. The van der Waals surface area contributed by atoms with E-state index in [2.05, 4.69) is 97.1 Å². The van der Waals surface area contributed by atoms with Gasteiger partial charge < -0.3 is 0 Å². The average molecular weight is 360 g/mol. The molecule has 0 bridgehead atoms. The van der Waals surface area contributed by atoms with Crippen LogP contribution in [-0.2, 0) is 0 Å². The van der Waals surface area contributed by atoms with Crippen LogP contribution in [0.25, 0.3) is 49.1 Å². The van der Waals surface area contributed by atoms with Crippen molar-refractivity contribution in [1.29, 1.82) is 0 Å². The van der Waals surface area contributed by atoms with Gasteiger partial charge in [0, 0.05) is 16.2 Å². The standard InChI is InChI=1S/C26H20N2/c1-16(2)18-12-14-23-21(15-18)25-19-8-4-3-7-17(19)11-13-20(25)26-27-22-9-5-6-10-24(22)28(23)26/h3-16H,1-2H3. The molecule has 0 aliphatic heterocycles. The van der Waals surface area contributed by atoms with Gasteiger partial charge in [-0.1, -0.05) is 62.4 Å². The van der Waals surface area contributed by atoms with Crippen molar-refractivity contribution in [2.45, 2.75) is 19.8 Å². The van der Waals surface area contributed by atoms with E-state index in [0.717, 1.165) is 16.7 Å². The van der Waals surface area contributed by atoms with Gasteiger partial charge in [-0.15, -0.1) is 0 Å². The SMILES string of the molecule is CC(C)c1ccc2c(c1)c1c3ccccc3ccc1c1nc3ccccc3n21. The van der Waals surface area contributed by atoms with Gasteiger partial charge in [-0.3, -0.25) is 4.40 Å². The highest BCUT2D eigenvalue weighted by atomic mass is 15.0. The van der Waals surface area contributed by atoms with Crippen molar-refractivity contribution in [2.75, 3.05) is 0 Å². The van der Waals surface area contributed by atoms with E-state index in [4.69, 9.17) is 4.98 Å². The van der Waals surface area contributed by atoms with Crippen LogP contribution in [0.15, 0.2) is 78.9 Å². The van der Waals surface area contributed by atoms with Crippen molar-refractivity contribution >= 4 is 49.1 Å². The van der Waals surface area contributed by atoms with E-state index >= 15 is 0 Å². The Hall–Kier alpha value is -3.39. The normalized spacial score (nSPS) is 12.2. The van der Waals surface area contributed by atoms with Crippen molar-refractivity contribution < 1.29 is 0 Å². The van der Waals surface area contributed by atoms with Crippen LogP contribution in [0.1, 0.15) is 25.3 Å². The summed E-state index contributed by atoms with van der Waals surface area (Å²) in [6.07, 6.45) is 0. The zero-order chi connectivity index (χ0) is 18.8. The molecule has 2 heteroatoms. The molecule has 0 aliphatic rings. The van der Waals surface area contributed by atoms with Gasteiger partial charge in [0.05, 0.1) is 16.6 Å². The summed E-state index contributed by atoms with van der Waals surface area (Å²) in [4.78, 5) is 5.02. The highest BCUT2D eigenvalue weighted by Crippen LogP contribution is 2.37. The summed E-state index contributed by atoms with van der Waals surface area (Å²) in [5, 5.41) is 6.38. The number of nitrogens with zero attached hydrogens (tertiary/aromatic N) is 2. The molecule has 0 amide bonds. The molecule has 2 aromatic heterocycles. The molecule has 4 aromatic carbocycles. The molecule has 6 aromatic rings. The molecule has 0 N–H and O–H groups in total. The first-order valence-corrected chi connectivity index (χ1v) is 9.86. The summed E-state index contributed by atoms with van der Waals surface area (Å²) in [7, 11) is 0. The molecule has 0 atom stereocenters. The molecule has 0 aliphatic carbocycles. The number of para-hydroxylation sites is 2. The maximum atomic E-state index is 5.02. The number of rotatable bonds is 1. The third-order valence-electron chi connectivity index (χ3n) is 5.93. The molecule has 0 saturated carbocycles. The molecule has 134 valence electrons. The molecule has 0 radical (unpaired) electrons. The van der Waals surface area contributed by atoms with E-state index in [9.17, 15) is 0 Å². The van der Waals surface area contributed by atoms with Gasteiger partial charge in [0.2, 0.25) is 0 Å². The number of aromatic nitrogens is 2. The molecular formula is C26H20N2. The van der Waals surface area contributed by atoms with Gasteiger partial charge in [0.1, 0.15) is 5.65 Å². The molecule has 0 fully saturated rings. The lowest BCUT2D eigenvalue weighted by Gasteiger charge is -2.14. The fraction of sp³-hybridized carbons (Fsp3) is 0.115. The quantitative estimate of drug-likeness (QED) is 0.287. The Morgan fingerprint density at radius 3 is 2.43 bits per heavy atom. The first-order valence-electron chi connectivity index (χ1n) is 9.86. The van der Waals surface area contributed by atoms with Gasteiger partial charge in [0.15, 0.2) is 0 Å². The fourth-order valence-corrected chi connectivity index (χ4v) is 4.51. The van der Waals surface area contributed by atoms with Crippen LogP contribution in [0.5, 0.6) is 0 Å². The Morgan fingerprint density at radius 2 is 1.54 bits per heavy atom. The van der Waals surface area contributed by atoms with E-state index in [-0.39, 0.29) is 0 Å². The van der Waals surface area contributed by atoms with Gasteiger partial charge in [0.25, 0.3) is 0 Å². The average Bonchev–Trinajstić information content (AvgIpc) is 3.13. The smallest absolute Gasteiger partial charge is 0.146 e. The third-order valence-corrected chi connectivity index (χ3v) is 5.93. The Kier molecular flexibility index (Phi) is 3.10. The largest absolute Gasteiger partial charge is 0.292 e. The van der Waals surface area contributed by atoms with E-state index in [1.165, 1.54) is 38.0 Å². The first-order chi connectivity index (χ1) is 13.7. The summed E-state index contributed by atoms with van der Waals surface area (Å²) in [5.74, 6) is 0.490. The minimum Gasteiger partial charge on any atom is -0.292 e. The molecule has 0 spiro atoms. The number of imidazole rings is 1. The molecular weight excluding hydrogens is 340 g/mol. The lowest BCUT2D eigenvalue weighted by atomic mass is 9.95. The van der Waals surface area contributed by atoms with Crippen LogP contribution in [0.4, 0.5) is 0 Å². The zero-order valence-corrected chi connectivity index (χ0v) is 16.0. The molecule has 2 nitrogen and oxygen atoms in total. The maximum Gasteiger partial charge on any atom is 0.146 e. The minimum atomic E-state index is 0.490. The Morgan fingerprint density at radius 1 is 0.714 bits per heavy atom. The lowest BCUT2D eigenvalue weighted by molar-refractivity contribution is 0.868. The highest BCUT2D eigenvalue weighted by Gasteiger charge is 2.16. The van der Waals surface area contributed by atoms with E-state index < -0.39 is 0 Å². The summed E-state index contributed by atoms with van der Waals surface area (Å²) >= 11 is 0. The van der Waals surface area contributed by atoms with Crippen LogP contribution in [-0.4, -0.2) is 9.38 Å². The molecule has 6 rings (SSSR count). The van der Waals surface area contributed by atoms with Crippen LogP contribution in [0.3, 0.4) is 0 Å². The van der Waals surface area contributed by atoms with Crippen LogP contribution < -0.4 is 0 Å². The Balaban J connectivity index is 1.99. The Bertz CT molecular complexity index is 1540. The fourth-order valence-electron chi connectivity index (χ4n) is 4.51. The second-order valence-electron chi connectivity index (χ2n) is 7.90. The second kappa shape index (κ2) is 5.56. The van der Waals surface area contributed by atoms with Crippen molar-refractivity contribution in [3.8, 4) is 0 Å². The third kappa shape index (κ3) is 2.00. The topological polar surface area (TPSA) is 17.3 Å². The summed E-state index contributed by atoms with van der Waals surface area (Å²) < 4.78 is 2.33. The monoisotopic (exact) mass is 360 g/mol. The minimum absolute atomic E-state index is 0.490. The second-order valence-corrected chi connectivity index (χ2v) is 7.90. The molecule has 28 heavy (non-hydrogen) atoms. The van der Waals surface area contributed by atoms with E-state index in [1.54, 1.807) is 0 Å². The number of fused-ring (bicyclic) bond motifs is 10. The van der Waals surface area contributed by atoms with Crippen molar-refractivity contribution in [2.24, 2.45) is 0 Å². The predicted molar refractivity (Wildman–Crippen MR) is 119 cm³/mol. The van der Waals surface area contributed by atoms with E-state index in [0.29, 0.717) is 5.92 Å². The van der Waals surface area contributed by atoms with Gasteiger partial charge in [-0.2, -0.15) is 0 Å². The number of hydrogen-bond donors (Lipinski definition) is 0. The van der Waals surface area contributed by atoms with E-state index in [1.807, 2.05) is 0 Å². The van der Waals surface area contributed by atoms with Gasteiger partial charge >= 0.3 is 0 Å². The van der Waals surface area contributed by atoms with Crippen LogP contribution in [0.2, 0.25) is 0 Å². The summed E-state index contributed by atoms with van der Waals surface area (Å²) in [6.45, 7) is 4.51. The maximum absolute atomic E-state index is 5.02. The molecule has 2 heterocycles. The lowest BCUT2D eigenvalue weighted by Crippen LogP contribution is -1.95. The highest BCUT2D eigenvalue weighted by molar-refractivity contribution is 6.24. The molecule has 0 saturated heterocycles. The predicted octanol–water partition coefficient (Wildman–Crippen LogP) is 7.07. The first kappa shape index (κ1) is 15.6. The van der Waals surface area contributed by atoms with Gasteiger partial charge in [-0.25, -0.2) is 4.98 Å². The zero-order valence-electron chi connectivity index (χ0n) is 16.0. The Labute approximate surface area is 163 Å². The number of hydrogen-bond acceptors (Lipinski definition) is 1. The summed E-state index contributed by atoms with van der Waals surface area (Å²) in [5.41, 5.74) is 5.82. The number of benzene rings is 4. The van der Waals surface area contributed by atoms with Gasteiger partial charge in [-0.05, 0) is 52.6 Å².